The van der Waals surface area contributed by atoms with E-state index in [0.717, 1.165) is 10.6 Å². The molecule has 0 radical (unpaired) electrons. The molecule has 2 aromatic carbocycles. The SMILES string of the molecule is CCOC(=O)c1cccc(SCc2cccc(C)c2)c1N. The zero-order valence-corrected chi connectivity index (χ0v) is 13.1. The number of benzene rings is 2. The molecule has 0 heterocycles. The van der Waals surface area contributed by atoms with Gasteiger partial charge in [-0.2, -0.15) is 0 Å². The van der Waals surface area contributed by atoms with Crippen LogP contribution in [-0.4, -0.2) is 12.6 Å². The van der Waals surface area contributed by atoms with E-state index in [9.17, 15) is 4.79 Å². The number of anilines is 1. The Hall–Kier alpha value is -1.94. The number of nitrogens with two attached hydrogens (primary N) is 1. The number of aryl methyl sites for hydroxylation is 1. The highest BCUT2D eigenvalue weighted by atomic mass is 32.2. The van der Waals surface area contributed by atoms with Crippen LogP contribution < -0.4 is 5.73 Å². The van der Waals surface area contributed by atoms with Crippen molar-refractivity contribution in [2.45, 2.75) is 24.5 Å². The lowest BCUT2D eigenvalue weighted by molar-refractivity contribution is 0.0527. The van der Waals surface area contributed by atoms with Gasteiger partial charge in [0, 0.05) is 10.6 Å². The van der Waals surface area contributed by atoms with Crippen molar-refractivity contribution in [2.75, 3.05) is 12.3 Å². The molecular formula is C17H19NO2S. The molecule has 2 rings (SSSR count). The summed E-state index contributed by atoms with van der Waals surface area (Å²) >= 11 is 1.63. The van der Waals surface area contributed by atoms with E-state index in [1.165, 1.54) is 11.1 Å². The minimum Gasteiger partial charge on any atom is -0.462 e. The molecule has 0 amide bonds. The molecule has 3 nitrogen and oxygen atoms in total. The number of thioether (sulfide) groups is 1. The van der Waals surface area contributed by atoms with Gasteiger partial charge in [-0.3, -0.25) is 0 Å². The molecular weight excluding hydrogens is 282 g/mol. The molecule has 0 atom stereocenters. The van der Waals surface area contributed by atoms with E-state index in [-0.39, 0.29) is 5.97 Å². The molecule has 0 aromatic heterocycles. The Bertz CT molecular complexity index is 640. The molecule has 4 heteroatoms. The predicted molar refractivity (Wildman–Crippen MR) is 87.6 cm³/mol. The van der Waals surface area contributed by atoms with Gasteiger partial charge in [-0.25, -0.2) is 4.79 Å². The summed E-state index contributed by atoms with van der Waals surface area (Å²) in [6.45, 7) is 4.20. The number of hydrogen-bond donors (Lipinski definition) is 1. The molecule has 0 bridgehead atoms. The molecule has 0 fully saturated rings. The first kappa shape index (κ1) is 15.4. The zero-order chi connectivity index (χ0) is 15.2. The minimum atomic E-state index is -0.368. The molecule has 2 aromatic rings. The van der Waals surface area contributed by atoms with Crippen molar-refractivity contribution in [1.82, 2.24) is 0 Å². The van der Waals surface area contributed by atoms with E-state index >= 15 is 0 Å². The molecule has 0 aliphatic rings. The van der Waals surface area contributed by atoms with Gasteiger partial charge in [0.25, 0.3) is 0 Å². The van der Waals surface area contributed by atoms with Crippen LogP contribution in [0.5, 0.6) is 0 Å². The van der Waals surface area contributed by atoms with Crippen LogP contribution in [0.15, 0.2) is 47.4 Å². The number of ether oxygens (including phenoxy) is 1. The third-order valence-electron chi connectivity index (χ3n) is 3.04. The van der Waals surface area contributed by atoms with Gasteiger partial charge >= 0.3 is 5.97 Å². The van der Waals surface area contributed by atoms with Crippen LogP contribution in [0.4, 0.5) is 5.69 Å². The Morgan fingerprint density at radius 2 is 2.00 bits per heavy atom. The standard InChI is InChI=1S/C17H19NO2S/c1-3-20-17(19)14-8-5-9-15(16(14)18)21-11-13-7-4-6-12(2)10-13/h4-10H,3,11,18H2,1-2H3. The van der Waals surface area contributed by atoms with Gasteiger partial charge in [-0.15, -0.1) is 11.8 Å². The van der Waals surface area contributed by atoms with Crippen molar-refractivity contribution >= 4 is 23.4 Å². The van der Waals surface area contributed by atoms with Crippen molar-refractivity contribution in [3.63, 3.8) is 0 Å². The summed E-state index contributed by atoms with van der Waals surface area (Å²) in [6.07, 6.45) is 0. The third kappa shape index (κ3) is 4.02. The molecule has 21 heavy (non-hydrogen) atoms. The zero-order valence-electron chi connectivity index (χ0n) is 12.3. The van der Waals surface area contributed by atoms with E-state index in [0.29, 0.717) is 17.9 Å². The highest BCUT2D eigenvalue weighted by Crippen LogP contribution is 2.30. The quantitative estimate of drug-likeness (QED) is 0.514. The summed E-state index contributed by atoms with van der Waals surface area (Å²) in [6, 6.07) is 13.8. The summed E-state index contributed by atoms with van der Waals surface area (Å²) in [5.74, 6) is 0.450. The number of hydrogen-bond acceptors (Lipinski definition) is 4. The van der Waals surface area contributed by atoms with Crippen LogP contribution in [0, 0.1) is 6.92 Å². The Labute approximate surface area is 129 Å². The Morgan fingerprint density at radius 1 is 1.24 bits per heavy atom. The van der Waals surface area contributed by atoms with Gasteiger partial charge in [-0.05, 0) is 31.5 Å². The van der Waals surface area contributed by atoms with Crippen molar-refractivity contribution in [3.8, 4) is 0 Å². The van der Waals surface area contributed by atoms with Crippen LogP contribution in [0.25, 0.3) is 0 Å². The van der Waals surface area contributed by atoms with E-state index in [4.69, 9.17) is 10.5 Å². The highest BCUT2D eigenvalue weighted by Gasteiger charge is 2.13. The largest absolute Gasteiger partial charge is 0.462 e. The van der Waals surface area contributed by atoms with Gasteiger partial charge in [0.2, 0.25) is 0 Å². The number of carbonyl (C=O) groups is 1. The maximum atomic E-state index is 11.8. The summed E-state index contributed by atoms with van der Waals surface area (Å²) in [7, 11) is 0. The van der Waals surface area contributed by atoms with E-state index in [1.54, 1.807) is 24.8 Å². The smallest absolute Gasteiger partial charge is 0.340 e. The first-order valence-electron chi connectivity index (χ1n) is 6.85. The summed E-state index contributed by atoms with van der Waals surface area (Å²) in [5.41, 5.74) is 9.49. The average molecular weight is 301 g/mol. The molecule has 0 spiro atoms. The second-order valence-electron chi connectivity index (χ2n) is 4.72. The van der Waals surface area contributed by atoms with Crippen molar-refractivity contribution in [2.24, 2.45) is 0 Å². The van der Waals surface area contributed by atoms with E-state index in [2.05, 4.69) is 25.1 Å². The lowest BCUT2D eigenvalue weighted by Gasteiger charge is -2.10. The lowest BCUT2D eigenvalue weighted by Crippen LogP contribution is -2.08. The topological polar surface area (TPSA) is 52.3 Å². The van der Waals surface area contributed by atoms with Gasteiger partial charge < -0.3 is 10.5 Å². The van der Waals surface area contributed by atoms with Gasteiger partial charge in [0.1, 0.15) is 0 Å². The first-order chi connectivity index (χ1) is 10.1. The number of rotatable bonds is 5. The van der Waals surface area contributed by atoms with Crippen LogP contribution in [-0.2, 0) is 10.5 Å². The van der Waals surface area contributed by atoms with Gasteiger partial charge in [0.15, 0.2) is 0 Å². The van der Waals surface area contributed by atoms with Gasteiger partial charge in [0.05, 0.1) is 17.9 Å². The number of esters is 1. The number of nitrogen functional groups attached to an aromatic ring is 1. The maximum Gasteiger partial charge on any atom is 0.340 e. The Kier molecular flexibility index (Phi) is 5.28. The predicted octanol–water partition coefficient (Wildman–Crippen LogP) is 4.05. The number of para-hydroxylation sites is 1. The van der Waals surface area contributed by atoms with E-state index < -0.39 is 0 Å². The Morgan fingerprint density at radius 3 is 2.71 bits per heavy atom. The normalized spacial score (nSPS) is 10.4. The highest BCUT2D eigenvalue weighted by molar-refractivity contribution is 7.98. The molecule has 0 aliphatic carbocycles. The fourth-order valence-electron chi connectivity index (χ4n) is 2.02. The second-order valence-corrected chi connectivity index (χ2v) is 5.73. The Balaban J connectivity index is 2.13. The van der Waals surface area contributed by atoms with Crippen molar-refractivity contribution < 1.29 is 9.53 Å². The molecule has 0 unspecified atom stereocenters. The summed E-state index contributed by atoms with van der Waals surface area (Å²) < 4.78 is 5.01. The van der Waals surface area contributed by atoms with Crippen LogP contribution in [0.2, 0.25) is 0 Å². The maximum absolute atomic E-state index is 11.8. The minimum absolute atomic E-state index is 0.346. The average Bonchev–Trinajstić information content (AvgIpc) is 2.46. The summed E-state index contributed by atoms with van der Waals surface area (Å²) in [4.78, 5) is 12.7. The monoisotopic (exact) mass is 301 g/mol. The molecule has 110 valence electrons. The first-order valence-corrected chi connectivity index (χ1v) is 7.84. The second kappa shape index (κ2) is 7.18. The lowest BCUT2D eigenvalue weighted by atomic mass is 10.2. The fraction of sp³-hybridized carbons (Fsp3) is 0.235. The van der Waals surface area contributed by atoms with Crippen LogP contribution in [0.1, 0.15) is 28.4 Å². The van der Waals surface area contributed by atoms with Crippen LogP contribution >= 0.6 is 11.8 Å². The molecule has 0 aliphatic heterocycles. The van der Waals surface area contributed by atoms with Gasteiger partial charge in [-0.1, -0.05) is 35.9 Å². The number of carbonyl (C=O) groups excluding carboxylic acids is 1. The molecule has 0 saturated heterocycles. The fourth-order valence-corrected chi connectivity index (χ4v) is 2.96. The van der Waals surface area contributed by atoms with Crippen LogP contribution in [0.3, 0.4) is 0 Å². The van der Waals surface area contributed by atoms with Crippen molar-refractivity contribution in [1.29, 1.82) is 0 Å². The molecule has 2 N–H and O–H groups in total. The van der Waals surface area contributed by atoms with Crippen molar-refractivity contribution in [3.05, 3.63) is 59.2 Å². The van der Waals surface area contributed by atoms with E-state index in [1.807, 2.05) is 18.2 Å². The summed E-state index contributed by atoms with van der Waals surface area (Å²) in [5, 5.41) is 0. The molecule has 0 saturated carbocycles. The third-order valence-corrected chi connectivity index (χ3v) is 4.18.